The third-order valence-electron chi connectivity index (χ3n) is 2.66. The first-order valence-corrected chi connectivity index (χ1v) is 7.75. The Morgan fingerprint density at radius 1 is 1.50 bits per heavy atom. The minimum atomic E-state index is -0.228. The number of carbonyl (C=O) groups excluding carboxylic acids is 1. The van der Waals surface area contributed by atoms with Crippen LogP contribution >= 0.6 is 27.7 Å². The first-order valence-electron chi connectivity index (χ1n) is 6.08. The van der Waals surface area contributed by atoms with Crippen LogP contribution in [0.3, 0.4) is 0 Å². The molecule has 1 heterocycles. The number of hydrogen-bond donors (Lipinski definition) is 2. The van der Waals surface area contributed by atoms with E-state index in [1.165, 1.54) is 11.8 Å². The molecule has 0 aliphatic carbocycles. The molecule has 2 rings (SSSR count). The number of halogens is 1. The lowest BCUT2D eigenvalue weighted by atomic mass is 10.3. The lowest BCUT2D eigenvalue weighted by Crippen LogP contribution is -2.30. The van der Waals surface area contributed by atoms with Crippen LogP contribution in [0.5, 0.6) is 0 Å². The molecule has 1 aromatic heterocycles. The van der Waals surface area contributed by atoms with Crippen LogP contribution in [0.15, 0.2) is 50.4 Å². The molecule has 0 saturated carbocycles. The van der Waals surface area contributed by atoms with Crippen molar-refractivity contribution in [1.82, 2.24) is 5.32 Å². The predicted molar refractivity (Wildman–Crippen MR) is 84.4 cm³/mol. The summed E-state index contributed by atoms with van der Waals surface area (Å²) in [5.41, 5.74) is 6.59. The van der Waals surface area contributed by atoms with E-state index in [1.54, 1.807) is 12.3 Å². The zero-order valence-electron chi connectivity index (χ0n) is 10.9. The maximum atomic E-state index is 12.0. The topological polar surface area (TPSA) is 68.3 Å². The molecule has 20 heavy (non-hydrogen) atoms. The Balaban J connectivity index is 1.90. The summed E-state index contributed by atoms with van der Waals surface area (Å²) >= 11 is 4.80. The fourth-order valence-electron chi connectivity index (χ4n) is 1.60. The van der Waals surface area contributed by atoms with E-state index in [4.69, 9.17) is 10.2 Å². The van der Waals surface area contributed by atoms with Crippen LogP contribution in [0, 0.1) is 0 Å². The molecule has 1 amide bonds. The molecule has 3 N–H and O–H groups in total. The largest absolute Gasteiger partial charge is 0.467 e. The summed E-state index contributed by atoms with van der Waals surface area (Å²) in [6, 6.07) is 9.26. The summed E-state index contributed by atoms with van der Waals surface area (Å²) in [4.78, 5) is 12.9. The number of nitrogens with two attached hydrogens (primary N) is 1. The highest BCUT2D eigenvalue weighted by Gasteiger charge is 2.15. The second-order valence-corrected chi connectivity index (χ2v) is 6.54. The van der Waals surface area contributed by atoms with E-state index in [2.05, 4.69) is 21.2 Å². The van der Waals surface area contributed by atoms with Crippen molar-refractivity contribution in [3.63, 3.8) is 0 Å². The quantitative estimate of drug-likeness (QED) is 0.637. The number of hydrogen-bond acceptors (Lipinski definition) is 4. The molecule has 106 valence electrons. The van der Waals surface area contributed by atoms with Gasteiger partial charge in [-0.25, -0.2) is 0 Å². The highest BCUT2D eigenvalue weighted by Crippen LogP contribution is 2.30. The van der Waals surface area contributed by atoms with Gasteiger partial charge >= 0.3 is 0 Å². The molecule has 0 spiro atoms. The Kier molecular flexibility index (Phi) is 5.14. The van der Waals surface area contributed by atoms with Crippen LogP contribution in [0.1, 0.15) is 12.7 Å². The van der Waals surface area contributed by atoms with Gasteiger partial charge in [0, 0.05) is 15.1 Å². The minimum Gasteiger partial charge on any atom is -0.467 e. The Hall–Kier alpha value is -1.40. The van der Waals surface area contributed by atoms with E-state index in [0.29, 0.717) is 12.2 Å². The summed E-state index contributed by atoms with van der Waals surface area (Å²) in [6.07, 6.45) is 1.59. The molecule has 1 unspecified atom stereocenters. The Labute approximate surface area is 130 Å². The van der Waals surface area contributed by atoms with Crippen LogP contribution in [-0.4, -0.2) is 11.2 Å². The SMILES string of the molecule is CC(Sc1ccc(Br)cc1N)C(=O)NCc1ccco1. The zero-order valence-corrected chi connectivity index (χ0v) is 13.3. The molecule has 0 radical (unpaired) electrons. The first kappa shape index (κ1) is 15.0. The van der Waals surface area contributed by atoms with Gasteiger partial charge in [0.05, 0.1) is 18.1 Å². The maximum Gasteiger partial charge on any atom is 0.233 e. The normalized spacial score (nSPS) is 12.1. The van der Waals surface area contributed by atoms with E-state index in [1.807, 2.05) is 31.2 Å². The lowest BCUT2D eigenvalue weighted by Gasteiger charge is -2.13. The maximum absolute atomic E-state index is 12.0. The third kappa shape index (κ3) is 4.05. The average molecular weight is 355 g/mol. The number of amides is 1. The molecule has 6 heteroatoms. The average Bonchev–Trinajstić information content (AvgIpc) is 2.92. The first-order chi connectivity index (χ1) is 9.56. The number of nitrogen functional groups attached to an aromatic ring is 1. The van der Waals surface area contributed by atoms with Gasteiger partial charge < -0.3 is 15.5 Å². The van der Waals surface area contributed by atoms with Crippen molar-refractivity contribution in [3.8, 4) is 0 Å². The van der Waals surface area contributed by atoms with Crippen LogP contribution in [0.4, 0.5) is 5.69 Å². The lowest BCUT2D eigenvalue weighted by molar-refractivity contribution is -0.120. The number of carbonyl (C=O) groups is 1. The van der Waals surface area contributed by atoms with E-state index in [-0.39, 0.29) is 11.2 Å². The summed E-state index contributed by atoms with van der Waals surface area (Å²) in [5, 5.41) is 2.60. The van der Waals surface area contributed by atoms with E-state index >= 15 is 0 Å². The molecule has 0 saturated heterocycles. The monoisotopic (exact) mass is 354 g/mol. The van der Waals surface area contributed by atoms with Gasteiger partial charge in [-0.2, -0.15) is 0 Å². The van der Waals surface area contributed by atoms with Crippen LogP contribution in [0.2, 0.25) is 0 Å². The van der Waals surface area contributed by atoms with Crippen LogP contribution in [0.25, 0.3) is 0 Å². The second kappa shape index (κ2) is 6.85. The van der Waals surface area contributed by atoms with Gasteiger partial charge in [-0.15, -0.1) is 11.8 Å². The number of anilines is 1. The third-order valence-corrected chi connectivity index (χ3v) is 4.35. The Morgan fingerprint density at radius 2 is 2.30 bits per heavy atom. The van der Waals surface area contributed by atoms with E-state index < -0.39 is 0 Å². The number of furan rings is 1. The van der Waals surface area contributed by atoms with Gasteiger partial charge in [0.25, 0.3) is 0 Å². The van der Waals surface area contributed by atoms with E-state index in [0.717, 1.165) is 15.1 Å². The molecular formula is C14H15BrN2O2S. The fraction of sp³-hybridized carbons (Fsp3) is 0.214. The molecule has 0 aliphatic rings. The number of rotatable bonds is 5. The zero-order chi connectivity index (χ0) is 14.5. The molecule has 0 aliphatic heterocycles. The van der Waals surface area contributed by atoms with Crippen molar-refractivity contribution >= 4 is 39.3 Å². The molecule has 1 atom stereocenters. The molecular weight excluding hydrogens is 340 g/mol. The molecule has 0 fully saturated rings. The van der Waals surface area contributed by atoms with Gasteiger partial charge in [-0.05, 0) is 37.3 Å². The van der Waals surface area contributed by atoms with Gasteiger partial charge in [0.1, 0.15) is 5.76 Å². The number of thioether (sulfide) groups is 1. The van der Waals surface area contributed by atoms with Crippen molar-refractivity contribution < 1.29 is 9.21 Å². The van der Waals surface area contributed by atoms with Crippen molar-refractivity contribution in [2.24, 2.45) is 0 Å². The van der Waals surface area contributed by atoms with Crippen LogP contribution in [-0.2, 0) is 11.3 Å². The standard InChI is InChI=1S/C14H15BrN2O2S/c1-9(14(18)17-8-11-3-2-6-19-11)20-13-5-4-10(15)7-12(13)16/h2-7,9H,8,16H2,1H3,(H,17,18). The molecule has 0 bridgehead atoms. The number of benzene rings is 1. The smallest absolute Gasteiger partial charge is 0.233 e. The van der Waals surface area contributed by atoms with Crippen molar-refractivity contribution in [2.75, 3.05) is 5.73 Å². The minimum absolute atomic E-state index is 0.0475. The molecule has 1 aromatic carbocycles. The molecule has 4 nitrogen and oxygen atoms in total. The van der Waals surface area contributed by atoms with Gasteiger partial charge in [-0.3, -0.25) is 4.79 Å². The Morgan fingerprint density at radius 3 is 2.95 bits per heavy atom. The van der Waals surface area contributed by atoms with Gasteiger partial charge in [0.15, 0.2) is 0 Å². The summed E-state index contributed by atoms with van der Waals surface area (Å²) in [5.74, 6) is 0.687. The molecule has 2 aromatic rings. The Bertz CT molecular complexity index is 587. The second-order valence-electron chi connectivity index (χ2n) is 4.24. The predicted octanol–water partition coefficient (Wildman–Crippen LogP) is 3.42. The summed E-state index contributed by atoms with van der Waals surface area (Å²) in [7, 11) is 0. The summed E-state index contributed by atoms with van der Waals surface area (Å²) < 4.78 is 6.09. The number of nitrogens with one attached hydrogen (secondary N) is 1. The highest BCUT2D eigenvalue weighted by atomic mass is 79.9. The van der Waals surface area contributed by atoms with Gasteiger partial charge in [-0.1, -0.05) is 15.9 Å². The van der Waals surface area contributed by atoms with Gasteiger partial charge in [0.2, 0.25) is 5.91 Å². The fourth-order valence-corrected chi connectivity index (χ4v) is 2.89. The highest BCUT2D eigenvalue weighted by molar-refractivity contribution is 9.10. The summed E-state index contributed by atoms with van der Waals surface area (Å²) in [6.45, 7) is 2.25. The van der Waals surface area contributed by atoms with Crippen LogP contribution < -0.4 is 11.1 Å². The van der Waals surface area contributed by atoms with Crippen molar-refractivity contribution in [3.05, 3.63) is 46.8 Å². The van der Waals surface area contributed by atoms with Crippen molar-refractivity contribution in [1.29, 1.82) is 0 Å². The van der Waals surface area contributed by atoms with Crippen molar-refractivity contribution in [2.45, 2.75) is 23.6 Å². The van der Waals surface area contributed by atoms with E-state index in [9.17, 15) is 4.79 Å².